The van der Waals surface area contributed by atoms with Crippen molar-refractivity contribution in [3.05, 3.63) is 64.0 Å². The van der Waals surface area contributed by atoms with Crippen LogP contribution in [0.25, 0.3) is 6.08 Å². The van der Waals surface area contributed by atoms with Crippen molar-refractivity contribution in [2.24, 2.45) is 4.99 Å². The lowest BCUT2D eigenvalue weighted by molar-refractivity contribution is -0.121. The van der Waals surface area contributed by atoms with Crippen LogP contribution in [0.3, 0.4) is 0 Å². The quantitative estimate of drug-likeness (QED) is 0.711. The predicted octanol–water partition coefficient (Wildman–Crippen LogP) is 4.97. The summed E-state index contributed by atoms with van der Waals surface area (Å²) in [6, 6.07) is 14.9. The Hall–Kier alpha value is -2.24. The Morgan fingerprint density at radius 2 is 1.92 bits per heavy atom. The molecule has 1 saturated heterocycles. The van der Waals surface area contributed by atoms with Gasteiger partial charge in [0.05, 0.1) is 22.2 Å². The number of halogens is 1. The lowest BCUT2D eigenvalue weighted by Crippen LogP contribution is -2.23. The molecule has 0 unspecified atom stereocenters. The molecule has 0 bridgehead atoms. The minimum Gasteiger partial charge on any atom is -0.493 e. The minimum atomic E-state index is -0.0953. The summed E-state index contributed by atoms with van der Waals surface area (Å²) in [5.41, 5.74) is 1.51. The number of thioether (sulfide) groups is 1. The first kappa shape index (κ1) is 17.6. The maximum absolute atomic E-state index is 12.5. The van der Waals surface area contributed by atoms with Gasteiger partial charge >= 0.3 is 0 Å². The Kier molecular flexibility index (Phi) is 5.46. The molecule has 0 aliphatic carbocycles. The molecule has 2 aromatic carbocycles. The van der Waals surface area contributed by atoms with Gasteiger partial charge in [0.2, 0.25) is 0 Å². The van der Waals surface area contributed by atoms with Crippen LogP contribution in [0.5, 0.6) is 5.75 Å². The molecule has 4 nitrogen and oxygen atoms in total. The summed E-state index contributed by atoms with van der Waals surface area (Å²) in [5.74, 6) is 0.659. The van der Waals surface area contributed by atoms with Crippen LogP contribution in [0.15, 0.2) is 58.4 Å². The second-order valence-corrected chi connectivity index (χ2v) is 6.71. The summed E-state index contributed by atoms with van der Waals surface area (Å²) >= 11 is 7.48. The lowest BCUT2D eigenvalue weighted by Gasteiger charge is -2.08. The fraction of sp³-hybridized carbons (Fsp3) is 0.158. The van der Waals surface area contributed by atoms with E-state index in [4.69, 9.17) is 16.3 Å². The maximum Gasteiger partial charge on any atom is 0.266 e. The molecule has 0 saturated carbocycles. The van der Waals surface area contributed by atoms with Crippen LogP contribution in [0.4, 0.5) is 5.69 Å². The van der Waals surface area contributed by atoms with E-state index < -0.39 is 0 Å². The molecule has 0 aromatic heterocycles. The minimum absolute atomic E-state index is 0.0953. The summed E-state index contributed by atoms with van der Waals surface area (Å²) < 4.78 is 5.62. The molecular weight excluding hydrogens is 356 g/mol. The van der Waals surface area contributed by atoms with Crippen molar-refractivity contribution in [1.82, 2.24) is 4.90 Å². The third kappa shape index (κ3) is 3.89. The zero-order valence-corrected chi connectivity index (χ0v) is 15.5. The van der Waals surface area contributed by atoms with Gasteiger partial charge in [0.1, 0.15) is 5.75 Å². The second-order valence-electron chi connectivity index (χ2n) is 5.29. The molecule has 0 spiro atoms. The highest BCUT2D eigenvalue weighted by molar-refractivity contribution is 8.18. The molecule has 1 amide bonds. The molecule has 0 atom stereocenters. The Balaban J connectivity index is 1.93. The SMILES string of the molecule is CCOc1ccccc1/C=C1/SC(=Nc2ccccc2Cl)N(C)C1=O. The number of likely N-dealkylation sites (N-methyl/N-ethyl adjacent to an activating group) is 1. The summed E-state index contributed by atoms with van der Waals surface area (Å²) in [6.07, 6.45) is 1.84. The van der Waals surface area contributed by atoms with E-state index in [1.54, 1.807) is 13.1 Å². The van der Waals surface area contributed by atoms with Crippen molar-refractivity contribution in [1.29, 1.82) is 0 Å². The smallest absolute Gasteiger partial charge is 0.266 e. The van der Waals surface area contributed by atoms with Gasteiger partial charge in [0, 0.05) is 12.6 Å². The van der Waals surface area contributed by atoms with E-state index in [9.17, 15) is 4.79 Å². The van der Waals surface area contributed by atoms with E-state index in [1.165, 1.54) is 16.7 Å². The molecule has 1 aliphatic rings. The largest absolute Gasteiger partial charge is 0.493 e. The van der Waals surface area contributed by atoms with Crippen LogP contribution in [0, 0.1) is 0 Å². The van der Waals surface area contributed by atoms with Crippen molar-refractivity contribution >= 4 is 46.2 Å². The molecule has 6 heteroatoms. The average Bonchev–Trinajstić information content (AvgIpc) is 2.87. The number of amidine groups is 1. The van der Waals surface area contributed by atoms with E-state index in [2.05, 4.69) is 4.99 Å². The highest BCUT2D eigenvalue weighted by Gasteiger charge is 2.30. The van der Waals surface area contributed by atoms with Crippen molar-refractivity contribution in [3.63, 3.8) is 0 Å². The van der Waals surface area contributed by atoms with E-state index in [1.807, 2.05) is 55.5 Å². The van der Waals surface area contributed by atoms with Gasteiger partial charge in [-0.15, -0.1) is 0 Å². The molecule has 1 heterocycles. The molecular formula is C19H17ClN2O2S. The fourth-order valence-electron chi connectivity index (χ4n) is 2.33. The molecule has 1 fully saturated rings. The fourth-order valence-corrected chi connectivity index (χ4v) is 3.47. The number of nitrogens with zero attached hydrogens (tertiary/aromatic N) is 2. The number of amides is 1. The summed E-state index contributed by atoms with van der Waals surface area (Å²) in [7, 11) is 1.71. The third-order valence-electron chi connectivity index (χ3n) is 3.58. The van der Waals surface area contributed by atoms with Gasteiger partial charge < -0.3 is 4.74 Å². The maximum atomic E-state index is 12.5. The standard InChI is InChI=1S/C19H17ClN2O2S/c1-3-24-16-11-7-4-8-13(16)12-17-18(23)22(2)19(25-17)21-15-10-6-5-9-14(15)20/h4-12H,3H2,1-2H3/b17-12+,21-19?. The van der Waals surface area contributed by atoms with Gasteiger partial charge in [-0.05, 0) is 43.0 Å². The van der Waals surface area contributed by atoms with Crippen LogP contribution in [-0.4, -0.2) is 29.6 Å². The Bertz CT molecular complexity index is 864. The zero-order valence-electron chi connectivity index (χ0n) is 13.9. The number of rotatable bonds is 4. The average molecular weight is 373 g/mol. The van der Waals surface area contributed by atoms with Crippen molar-refractivity contribution in [2.75, 3.05) is 13.7 Å². The predicted molar refractivity (Wildman–Crippen MR) is 104 cm³/mol. The highest BCUT2D eigenvalue weighted by Crippen LogP contribution is 2.35. The summed E-state index contributed by atoms with van der Waals surface area (Å²) in [6.45, 7) is 2.50. The molecule has 25 heavy (non-hydrogen) atoms. The number of benzene rings is 2. The van der Waals surface area contributed by atoms with Gasteiger partial charge in [-0.1, -0.05) is 41.9 Å². The van der Waals surface area contributed by atoms with E-state index in [-0.39, 0.29) is 5.91 Å². The molecule has 128 valence electrons. The normalized spacial score (nSPS) is 17.6. The zero-order chi connectivity index (χ0) is 17.8. The van der Waals surface area contributed by atoms with Crippen molar-refractivity contribution in [2.45, 2.75) is 6.92 Å². The van der Waals surface area contributed by atoms with Crippen LogP contribution in [-0.2, 0) is 4.79 Å². The number of hydrogen-bond donors (Lipinski definition) is 0. The molecule has 1 aliphatic heterocycles. The Labute approximate surface area is 156 Å². The molecule has 3 rings (SSSR count). The highest BCUT2D eigenvalue weighted by atomic mass is 35.5. The topological polar surface area (TPSA) is 41.9 Å². The molecule has 2 aromatic rings. The van der Waals surface area contributed by atoms with E-state index in [0.29, 0.717) is 27.4 Å². The monoisotopic (exact) mass is 372 g/mol. The Morgan fingerprint density at radius 1 is 1.20 bits per heavy atom. The third-order valence-corrected chi connectivity index (χ3v) is 4.96. The van der Waals surface area contributed by atoms with Gasteiger partial charge in [-0.25, -0.2) is 4.99 Å². The Morgan fingerprint density at radius 3 is 2.68 bits per heavy atom. The number of carbonyl (C=O) groups is 1. The van der Waals surface area contributed by atoms with Crippen LogP contribution < -0.4 is 4.74 Å². The van der Waals surface area contributed by atoms with Crippen LogP contribution in [0.1, 0.15) is 12.5 Å². The number of hydrogen-bond acceptors (Lipinski definition) is 4. The second kappa shape index (κ2) is 7.76. The summed E-state index contributed by atoms with van der Waals surface area (Å²) in [5, 5.41) is 1.15. The summed E-state index contributed by atoms with van der Waals surface area (Å²) in [4.78, 5) is 19.2. The van der Waals surface area contributed by atoms with Gasteiger partial charge in [-0.2, -0.15) is 0 Å². The first-order valence-corrected chi connectivity index (χ1v) is 9.02. The first-order chi connectivity index (χ1) is 12.1. The number of aliphatic imine (C=N–C) groups is 1. The lowest BCUT2D eigenvalue weighted by atomic mass is 10.2. The number of para-hydroxylation sites is 2. The van der Waals surface area contributed by atoms with Gasteiger partial charge in [-0.3, -0.25) is 9.69 Å². The van der Waals surface area contributed by atoms with Gasteiger partial charge in [0.15, 0.2) is 5.17 Å². The van der Waals surface area contributed by atoms with E-state index in [0.717, 1.165) is 11.3 Å². The van der Waals surface area contributed by atoms with E-state index >= 15 is 0 Å². The molecule has 0 radical (unpaired) electrons. The van der Waals surface area contributed by atoms with Gasteiger partial charge in [0.25, 0.3) is 5.91 Å². The van der Waals surface area contributed by atoms with Crippen molar-refractivity contribution < 1.29 is 9.53 Å². The van der Waals surface area contributed by atoms with Crippen LogP contribution in [0.2, 0.25) is 5.02 Å². The number of carbonyl (C=O) groups excluding carboxylic acids is 1. The first-order valence-electron chi connectivity index (χ1n) is 7.82. The van der Waals surface area contributed by atoms with Crippen molar-refractivity contribution in [3.8, 4) is 5.75 Å². The molecule has 0 N–H and O–H groups in total. The number of ether oxygens (including phenoxy) is 1. The van der Waals surface area contributed by atoms with Crippen LogP contribution >= 0.6 is 23.4 Å².